The maximum Gasteiger partial charge on any atom is 0.293 e. The van der Waals surface area contributed by atoms with Crippen molar-refractivity contribution in [1.29, 1.82) is 0 Å². The highest BCUT2D eigenvalue weighted by Gasteiger charge is 2.25. The van der Waals surface area contributed by atoms with Gasteiger partial charge in [-0.05, 0) is 25.0 Å². The lowest BCUT2D eigenvalue weighted by Gasteiger charge is -2.17. The average molecular weight is 496 g/mol. The number of carbonyl (C=O) groups is 1. The number of nitrogens with zero attached hydrogens (tertiary/aromatic N) is 7. The SMILES string of the molecule is Cc1c(-c2ncnc(Nc3ccn(C)n3)n2)ccc([C@H](C)NC(=O)c2noc(C(C)(C)C)n2)c1Cl. The summed E-state index contributed by atoms with van der Waals surface area (Å²) >= 11 is 6.71. The van der Waals surface area contributed by atoms with Crippen LogP contribution in [0.3, 0.4) is 0 Å². The van der Waals surface area contributed by atoms with Crippen molar-refractivity contribution >= 4 is 29.3 Å². The van der Waals surface area contributed by atoms with Gasteiger partial charge in [-0.2, -0.15) is 15.1 Å². The Morgan fingerprint density at radius 1 is 1.17 bits per heavy atom. The van der Waals surface area contributed by atoms with Gasteiger partial charge in [-0.3, -0.25) is 9.48 Å². The van der Waals surface area contributed by atoms with Crippen molar-refractivity contribution in [2.24, 2.45) is 7.05 Å². The van der Waals surface area contributed by atoms with Crippen molar-refractivity contribution in [1.82, 2.24) is 40.2 Å². The third-order valence-electron chi connectivity index (χ3n) is 5.27. The number of hydrogen-bond acceptors (Lipinski definition) is 9. The molecule has 0 unspecified atom stereocenters. The minimum absolute atomic E-state index is 0.0237. The molecule has 11 nitrogen and oxygen atoms in total. The molecular weight excluding hydrogens is 470 g/mol. The van der Waals surface area contributed by atoms with Crippen molar-refractivity contribution in [3.05, 3.63) is 58.6 Å². The van der Waals surface area contributed by atoms with Gasteiger partial charge in [0.05, 0.1) is 6.04 Å². The van der Waals surface area contributed by atoms with E-state index in [2.05, 4.69) is 40.8 Å². The molecular formula is C23H26ClN9O2. The Morgan fingerprint density at radius 2 is 1.94 bits per heavy atom. The Balaban J connectivity index is 1.53. The summed E-state index contributed by atoms with van der Waals surface area (Å²) in [5, 5.41) is 14.5. The Kier molecular flexibility index (Phi) is 6.53. The monoisotopic (exact) mass is 495 g/mol. The van der Waals surface area contributed by atoms with Crippen molar-refractivity contribution < 1.29 is 9.32 Å². The van der Waals surface area contributed by atoms with Crippen LogP contribution in [0.15, 0.2) is 35.2 Å². The molecule has 4 rings (SSSR count). The minimum atomic E-state index is -0.447. The number of carbonyl (C=O) groups excluding carboxylic acids is 1. The topological polar surface area (TPSA) is 137 Å². The van der Waals surface area contributed by atoms with Crippen molar-refractivity contribution in [3.63, 3.8) is 0 Å². The number of anilines is 2. The fourth-order valence-electron chi connectivity index (χ4n) is 3.32. The predicted octanol–water partition coefficient (Wildman–Crippen LogP) is 4.15. The molecule has 4 aromatic rings. The van der Waals surface area contributed by atoms with E-state index in [4.69, 9.17) is 16.1 Å². The minimum Gasteiger partial charge on any atom is -0.343 e. The second-order valence-electron chi connectivity index (χ2n) is 9.14. The molecule has 0 spiro atoms. The first-order valence-electron chi connectivity index (χ1n) is 10.9. The van der Waals surface area contributed by atoms with Gasteiger partial charge in [0.1, 0.15) is 6.33 Å². The number of halogens is 1. The van der Waals surface area contributed by atoms with Crippen LogP contribution in [0.1, 0.15) is 61.4 Å². The molecule has 35 heavy (non-hydrogen) atoms. The van der Waals surface area contributed by atoms with E-state index in [9.17, 15) is 4.79 Å². The van der Waals surface area contributed by atoms with E-state index in [-0.39, 0.29) is 11.2 Å². The number of aryl methyl sites for hydroxylation is 1. The molecule has 0 aliphatic carbocycles. The molecule has 1 aromatic carbocycles. The zero-order valence-corrected chi connectivity index (χ0v) is 21.0. The van der Waals surface area contributed by atoms with Crippen LogP contribution in [-0.4, -0.2) is 40.8 Å². The van der Waals surface area contributed by atoms with Gasteiger partial charge in [-0.1, -0.05) is 49.7 Å². The number of benzene rings is 1. The van der Waals surface area contributed by atoms with Crippen LogP contribution in [0.2, 0.25) is 5.02 Å². The number of nitrogens with one attached hydrogen (secondary N) is 2. The Bertz CT molecular complexity index is 1370. The summed E-state index contributed by atoms with van der Waals surface area (Å²) in [7, 11) is 1.83. The Morgan fingerprint density at radius 3 is 2.60 bits per heavy atom. The second-order valence-corrected chi connectivity index (χ2v) is 9.52. The van der Waals surface area contributed by atoms with Crippen molar-refractivity contribution in [2.75, 3.05) is 5.32 Å². The molecule has 1 amide bonds. The lowest BCUT2D eigenvalue weighted by atomic mass is 9.97. The van der Waals surface area contributed by atoms with Crippen LogP contribution in [0.5, 0.6) is 0 Å². The van der Waals surface area contributed by atoms with E-state index < -0.39 is 11.9 Å². The highest BCUT2D eigenvalue weighted by molar-refractivity contribution is 6.32. The first kappa shape index (κ1) is 24.3. The second kappa shape index (κ2) is 9.41. The molecule has 3 heterocycles. The average Bonchev–Trinajstić information content (AvgIpc) is 3.45. The van der Waals surface area contributed by atoms with Crippen LogP contribution >= 0.6 is 11.6 Å². The summed E-state index contributed by atoms with van der Waals surface area (Å²) in [5.41, 5.74) is 1.91. The van der Waals surface area contributed by atoms with Crippen LogP contribution < -0.4 is 10.6 Å². The van der Waals surface area contributed by atoms with E-state index >= 15 is 0 Å². The molecule has 3 aromatic heterocycles. The van der Waals surface area contributed by atoms with Crippen LogP contribution in [0.4, 0.5) is 11.8 Å². The summed E-state index contributed by atoms with van der Waals surface area (Å²) in [6, 6.07) is 5.11. The molecule has 12 heteroatoms. The van der Waals surface area contributed by atoms with Crippen LogP contribution in [0, 0.1) is 6.92 Å². The first-order valence-corrected chi connectivity index (χ1v) is 11.3. The quantitative estimate of drug-likeness (QED) is 0.404. The van der Waals surface area contributed by atoms with E-state index in [1.165, 1.54) is 6.33 Å². The van der Waals surface area contributed by atoms with Gasteiger partial charge < -0.3 is 15.2 Å². The number of amides is 1. The number of rotatable bonds is 6. The third-order valence-corrected chi connectivity index (χ3v) is 5.77. The fraction of sp³-hybridized carbons (Fsp3) is 0.348. The standard InChI is InChI=1S/C23H26ClN9O2/c1-12-14(18-25-11-26-22(30-18)28-16-9-10-33(6)31-16)7-8-15(17(12)24)13(2)27-20(34)19-29-21(35-32-19)23(3,4)5/h7-11,13H,1-6H3,(H,27,34)(H,25,26,28,30,31)/t13-/m0/s1. The summed E-state index contributed by atoms with van der Waals surface area (Å²) < 4.78 is 6.89. The molecule has 1 atom stereocenters. The van der Waals surface area contributed by atoms with Gasteiger partial charge in [0.25, 0.3) is 11.7 Å². The van der Waals surface area contributed by atoms with E-state index in [0.29, 0.717) is 28.5 Å². The zero-order valence-electron chi connectivity index (χ0n) is 20.3. The molecule has 0 bridgehead atoms. The largest absolute Gasteiger partial charge is 0.343 e. The van der Waals surface area contributed by atoms with E-state index in [1.807, 2.05) is 66.1 Å². The van der Waals surface area contributed by atoms with Gasteiger partial charge >= 0.3 is 0 Å². The number of aromatic nitrogens is 7. The summed E-state index contributed by atoms with van der Waals surface area (Å²) in [4.78, 5) is 29.8. The van der Waals surface area contributed by atoms with Crippen LogP contribution in [0.25, 0.3) is 11.4 Å². The molecule has 2 N–H and O–H groups in total. The number of hydrogen-bond donors (Lipinski definition) is 2. The summed E-state index contributed by atoms with van der Waals surface area (Å²) in [6.45, 7) is 9.50. The van der Waals surface area contributed by atoms with Gasteiger partial charge in [-0.15, -0.1) is 0 Å². The maximum absolute atomic E-state index is 12.7. The molecule has 0 aliphatic heterocycles. The molecule has 0 fully saturated rings. The zero-order chi connectivity index (χ0) is 25.3. The van der Waals surface area contributed by atoms with Crippen LogP contribution in [-0.2, 0) is 12.5 Å². The smallest absolute Gasteiger partial charge is 0.293 e. The lowest BCUT2D eigenvalue weighted by Crippen LogP contribution is -2.28. The summed E-state index contributed by atoms with van der Waals surface area (Å²) in [6.07, 6.45) is 3.24. The Hall–Kier alpha value is -3.86. The first-order chi connectivity index (χ1) is 16.5. The molecule has 0 aliphatic rings. The Labute approximate surface area is 207 Å². The maximum atomic E-state index is 12.7. The third kappa shape index (κ3) is 5.29. The molecule has 182 valence electrons. The van der Waals surface area contributed by atoms with E-state index in [0.717, 1.165) is 16.7 Å². The lowest BCUT2D eigenvalue weighted by molar-refractivity contribution is 0.0926. The normalized spacial score (nSPS) is 12.4. The van der Waals surface area contributed by atoms with Gasteiger partial charge in [0.15, 0.2) is 11.6 Å². The molecule has 0 saturated carbocycles. The van der Waals surface area contributed by atoms with Gasteiger partial charge in [-0.25, -0.2) is 9.97 Å². The fourth-order valence-corrected chi connectivity index (χ4v) is 3.65. The molecule has 0 saturated heterocycles. The highest BCUT2D eigenvalue weighted by atomic mass is 35.5. The summed E-state index contributed by atoms with van der Waals surface area (Å²) in [5.74, 6) is 1.37. The predicted molar refractivity (Wildman–Crippen MR) is 130 cm³/mol. The van der Waals surface area contributed by atoms with Gasteiger partial charge in [0.2, 0.25) is 11.8 Å². The highest BCUT2D eigenvalue weighted by Crippen LogP contribution is 2.33. The molecule has 0 radical (unpaired) electrons. The van der Waals surface area contributed by atoms with Crippen molar-refractivity contribution in [3.8, 4) is 11.4 Å². The van der Waals surface area contributed by atoms with Gasteiger partial charge in [0, 0.05) is 35.3 Å². The van der Waals surface area contributed by atoms with E-state index in [1.54, 1.807) is 4.68 Å². The van der Waals surface area contributed by atoms with Crippen molar-refractivity contribution in [2.45, 2.75) is 46.1 Å².